The Kier molecular flexibility index (Phi) is 5.71. The van der Waals surface area contributed by atoms with E-state index in [1.54, 1.807) is 13.8 Å². The van der Waals surface area contributed by atoms with Crippen molar-refractivity contribution in [3.63, 3.8) is 0 Å². The van der Waals surface area contributed by atoms with E-state index in [-0.39, 0.29) is 23.3 Å². The number of rotatable bonds is 6. The summed E-state index contributed by atoms with van der Waals surface area (Å²) < 4.78 is 31.6. The Morgan fingerprint density at radius 1 is 1.40 bits per heavy atom. The van der Waals surface area contributed by atoms with Crippen molar-refractivity contribution in [3.05, 3.63) is 16.1 Å². The molecule has 0 radical (unpaired) electrons. The Morgan fingerprint density at radius 2 is 2.00 bits per heavy atom. The summed E-state index contributed by atoms with van der Waals surface area (Å²) in [5.41, 5.74) is 0.951. The van der Waals surface area contributed by atoms with E-state index in [0.29, 0.717) is 0 Å². The first-order valence-electron chi connectivity index (χ1n) is 6.54. The average molecular weight is 320 g/mol. The van der Waals surface area contributed by atoms with Gasteiger partial charge in [-0.2, -0.15) is 0 Å². The van der Waals surface area contributed by atoms with Gasteiger partial charge >= 0.3 is 0 Å². The number of thiazole rings is 1. The topological polar surface area (TPSA) is 68.3 Å². The Labute approximate surface area is 125 Å². The van der Waals surface area contributed by atoms with E-state index >= 15 is 0 Å². The quantitative estimate of drug-likeness (QED) is 0.874. The van der Waals surface area contributed by atoms with E-state index in [1.807, 2.05) is 5.38 Å². The van der Waals surface area contributed by atoms with Crippen LogP contribution in [0.5, 0.6) is 0 Å². The molecule has 1 N–H and O–H groups in total. The van der Waals surface area contributed by atoms with Crippen LogP contribution in [-0.4, -0.2) is 32.4 Å². The molecule has 0 aliphatic carbocycles. The molecule has 0 saturated heterocycles. The molecule has 5 nitrogen and oxygen atoms in total. The third kappa shape index (κ3) is 5.12. The largest absolute Gasteiger partial charge is 0.381 e. The van der Waals surface area contributed by atoms with Crippen LogP contribution in [0.15, 0.2) is 5.38 Å². The molecule has 0 aromatic carbocycles. The molecule has 7 heteroatoms. The standard InChI is InChI=1S/C13H24N2O3S2/c1-9(18-6)8-20(16,17)15-10(2)12-14-11(7-19-12)13(3,4)5/h7,9-10,15H,8H2,1-6H3/t9-,10-/m0/s1. The summed E-state index contributed by atoms with van der Waals surface area (Å²) in [4.78, 5) is 4.53. The first-order chi connectivity index (χ1) is 9.05. The van der Waals surface area contributed by atoms with Crippen molar-refractivity contribution in [1.29, 1.82) is 0 Å². The van der Waals surface area contributed by atoms with Crippen LogP contribution in [0.1, 0.15) is 51.4 Å². The number of ether oxygens (including phenoxy) is 1. The van der Waals surface area contributed by atoms with E-state index in [2.05, 4.69) is 30.5 Å². The lowest BCUT2D eigenvalue weighted by molar-refractivity contribution is 0.136. The van der Waals surface area contributed by atoms with Crippen LogP contribution in [-0.2, 0) is 20.2 Å². The van der Waals surface area contributed by atoms with Crippen LogP contribution >= 0.6 is 11.3 Å². The van der Waals surface area contributed by atoms with Gasteiger partial charge in [-0.05, 0) is 13.8 Å². The van der Waals surface area contributed by atoms with Crippen LogP contribution in [0.4, 0.5) is 0 Å². The molecule has 1 aromatic heterocycles. The molecule has 1 rings (SSSR count). The summed E-state index contributed by atoms with van der Waals surface area (Å²) in [6.45, 7) is 9.79. The second-order valence-electron chi connectivity index (χ2n) is 5.99. The molecule has 2 atom stereocenters. The highest BCUT2D eigenvalue weighted by Gasteiger charge is 2.23. The molecule has 0 saturated carbocycles. The van der Waals surface area contributed by atoms with Crippen molar-refractivity contribution in [2.75, 3.05) is 12.9 Å². The molecule has 0 aliphatic heterocycles. The van der Waals surface area contributed by atoms with E-state index < -0.39 is 10.0 Å². The lowest BCUT2D eigenvalue weighted by Crippen LogP contribution is -2.33. The fourth-order valence-electron chi connectivity index (χ4n) is 1.58. The number of methoxy groups -OCH3 is 1. The third-order valence-corrected chi connectivity index (χ3v) is 5.52. The molecular formula is C13H24N2O3S2. The van der Waals surface area contributed by atoms with Gasteiger partial charge in [0.1, 0.15) is 5.01 Å². The van der Waals surface area contributed by atoms with Gasteiger partial charge in [-0.1, -0.05) is 20.8 Å². The van der Waals surface area contributed by atoms with Crippen molar-refractivity contribution in [3.8, 4) is 0 Å². The first-order valence-corrected chi connectivity index (χ1v) is 9.07. The van der Waals surface area contributed by atoms with Gasteiger partial charge in [0, 0.05) is 17.9 Å². The Bertz CT molecular complexity index is 532. The van der Waals surface area contributed by atoms with Crippen LogP contribution in [0.25, 0.3) is 0 Å². The fraction of sp³-hybridized carbons (Fsp3) is 0.769. The van der Waals surface area contributed by atoms with Crippen molar-refractivity contribution in [2.45, 2.75) is 52.2 Å². The van der Waals surface area contributed by atoms with E-state index in [4.69, 9.17) is 4.74 Å². The predicted octanol–water partition coefficient (Wildman–Crippen LogP) is 2.46. The van der Waals surface area contributed by atoms with E-state index in [9.17, 15) is 8.42 Å². The fourth-order valence-corrected chi connectivity index (χ4v) is 4.20. The zero-order valence-corrected chi connectivity index (χ0v) is 14.6. The maximum absolute atomic E-state index is 12.0. The molecule has 0 bridgehead atoms. The molecule has 0 unspecified atom stereocenters. The smallest absolute Gasteiger partial charge is 0.214 e. The molecule has 116 valence electrons. The summed E-state index contributed by atoms with van der Waals surface area (Å²) in [7, 11) is -1.87. The molecule has 1 aromatic rings. The van der Waals surface area contributed by atoms with E-state index in [1.165, 1.54) is 18.4 Å². The highest BCUT2D eigenvalue weighted by Crippen LogP contribution is 2.27. The van der Waals surface area contributed by atoms with Gasteiger partial charge in [-0.15, -0.1) is 11.3 Å². The zero-order valence-electron chi connectivity index (χ0n) is 12.9. The van der Waals surface area contributed by atoms with Crippen molar-refractivity contribution in [2.24, 2.45) is 0 Å². The molecule has 0 amide bonds. The van der Waals surface area contributed by atoms with Crippen molar-refractivity contribution >= 4 is 21.4 Å². The summed E-state index contributed by atoms with van der Waals surface area (Å²) in [6, 6.07) is -0.329. The van der Waals surface area contributed by atoms with Gasteiger partial charge < -0.3 is 4.74 Å². The maximum Gasteiger partial charge on any atom is 0.214 e. The van der Waals surface area contributed by atoms with Crippen LogP contribution in [0.3, 0.4) is 0 Å². The van der Waals surface area contributed by atoms with Gasteiger partial charge in [0.2, 0.25) is 10.0 Å². The van der Waals surface area contributed by atoms with E-state index in [0.717, 1.165) is 10.7 Å². The lowest BCUT2D eigenvalue weighted by atomic mass is 9.93. The van der Waals surface area contributed by atoms with Gasteiger partial charge in [0.25, 0.3) is 0 Å². The molecule has 0 fully saturated rings. The Hall–Kier alpha value is -0.500. The Morgan fingerprint density at radius 3 is 2.45 bits per heavy atom. The van der Waals surface area contributed by atoms with Crippen LogP contribution in [0, 0.1) is 0 Å². The summed E-state index contributed by atoms with van der Waals surface area (Å²) in [5, 5.41) is 2.77. The number of sulfonamides is 1. The maximum atomic E-state index is 12.0. The minimum Gasteiger partial charge on any atom is -0.381 e. The SMILES string of the molecule is CO[C@@H](C)CS(=O)(=O)N[C@@H](C)c1nc(C(C)(C)C)cs1. The summed E-state index contributed by atoms with van der Waals surface area (Å²) >= 11 is 1.48. The van der Waals surface area contributed by atoms with Crippen molar-refractivity contribution < 1.29 is 13.2 Å². The molecule has 20 heavy (non-hydrogen) atoms. The third-order valence-electron chi connectivity index (χ3n) is 2.87. The molecule has 0 aliphatic rings. The highest BCUT2D eigenvalue weighted by molar-refractivity contribution is 7.89. The summed E-state index contributed by atoms with van der Waals surface area (Å²) in [5.74, 6) is -0.0503. The number of hydrogen-bond donors (Lipinski definition) is 1. The minimum atomic E-state index is -3.37. The summed E-state index contributed by atoms with van der Waals surface area (Å²) in [6.07, 6.45) is -0.332. The second-order valence-corrected chi connectivity index (χ2v) is 8.68. The number of aromatic nitrogens is 1. The normalized spacial score (nSPS) is 16.1. The highest BCUT2D eigenvalue weighted by atomic mass is 32.2. The average Bonchev–Trinajstić information content (AvgIpc) is 2.76. The molecule has 0 spiro atoms. The molecule has 1 heterocycles. The molecular weight excluding hydrogens is 296 g/mol. The number of nitrogens with zero attached hydrogens (tertiary/aromatic N) is 1. The van der Waals surface area contributed by atoms with Crippen LogP contribution < -0.4 is 4.72 Å². The Balaban J connectivity index is 2.76. The zero-order chi connectivity index (χ0) is 15.6. The number of hydrogen-bond acceptors (Lipinski definition) is 5. The second kappa shape index (κ2) is 6.51. The number of nitrogens with one attached hydrogen (secondary N) is 1. The van der Waals surface area contributed by atoms with Crippen LogP contribution in [0.2, 0.25) is 0 Å². The van der Waals surface area contributed by atoms with Gasteiger partial charge in [0.05, 0.1) is 23.6 Å². The first kappa shape index (κ1) is 17.6. The lowest BCUT2D eigenvalue weighted by Gasteiger charge is -2.16. The minimum absolute atomic E-state index is 0.0299. The van der Waals surface area contributed by atoms with Gasteiger partial charge in [-0.25, -0.2) is 18.1 Å². The van der Waals surface area contributed by atoms with Gasteiger partial charge in [-0.3, -0.25) is 0 Å². The predicted molar refractivity (Wildman–Crippen MR) is 82.6 cm³/mol. The van der Waals surface area contributed by atoms with Crippen molar-refractivity contribution in [1.82, 2.24) is 9.71 Å². The monoisotopic (exact) mass is 320 g/mol. The van der Waals surface area contributed by atoms with Gasteiger partial charge in [0.15, 0.2) is 0 Å².